The summed E-state index contributed by atoms with van der Waals surface area (Å²) in [6.07, 6.45) is 0.679. The zero-order valence-electron chi connectivity index (χ0n) is 19.0. The third kappa shape index (κ3) is 4.25. The van der Waals surface area contributed by atoms with Crippen LogP contribution in [0.15, 0.2) is 44.0 Å². The van der Waals surface area contributed by atoms with E-state index < -0.39 is 6.04 Å². The van der Waals surface area contributed by atoms with E-state index in [-0.39, 0.29) is 34.7 Å². The van der Waals surface area contributed by atoms with Gasteiger partial charge in [0.15, 0.2) is 16.9 Å². The van der Waals surface area contributed by atoms with E-state index in [1.165, 1.54) is 7.11 Å². The van der Waals surface area contributed by atoms with Crippen LogP contribution in [0.1, 0.15) is 53.6 Å². The molecule has 0 fully saturated rings. The van der Waals surface area contributed by atoms with E-state index in [0.29, 0.717) is 46.1 Å². The maximum absolute atomic E-state index is 13.6. The van der Waals surface area contributed by atoms with E-state index in [4.69, 9.17) is 13.9 Å². The summed E-state index contributed by atoms with van der Waals surface area (Å²) < 4.78 is 17.3. The Kier molecular flexibility index (Phi) is 6.50. The van der Waals surface area contributed by atoms with E-state index in [9.17, 15) is 14.7 Å². The monoisotopic (exact) mass is 515 g/mol. The van der Waals surface area contributed by atoms with Crippen molar-refractivity contribution in [3.8, 4) is 11.5 Å². The molecular formula is C25H26BrNO6. The number of aryl methyl sites for hydroxylation is 1. The fourth-order valence-corrected chi connectivity index (χ4v) is 4.63. The molecule has 0 bridgehead atoms. The number of amides is 1. The SMILES string of the molecule is COc1cc(C2c3c(oc4ccc(C)cc4c3=O)C(=O)N2CCCOC(C)C)cc(Br)c1O. The van der Waals surface area contributed by atoms with Crippen molar-refractivity contribution in [3.05, 3.63) is 67.5 Å². The van der Waals surface area contributed by atoms with Gasteiger partial charge in [-0.15, -0.1) is 0 Å². The molecule has 174 valence electrons. The van der Waals surface area contributed by atoms with Crippen LogP contribution in [0.3, 0.4) is 0 Å². The smallest absolute Gasteiger partial charge is 0.290 e. The first-order valence-electron chi connectivity index (χ1n) is 10.8. The minimum absolute atomic E-state index is 0.0503. The molecular weight excluding hydrogens is 490 g/mol. The molecule has 1 amide bonds. The summed E-state index contributed by atoms with van der Waals surface area (Å²) in [5.41, 5.74) is 1.99. The van der Waals surface area contributed by atoms with Crippen LogP contribution in [0.2, 0.25) is 0 Å². The number of halogens is 1. The first-order chi connectivity index (χ1) is 15.7. The molecule has 1 N–H and O–H groups in total. The topological polar surface area (TPSA) is 89.2 Å². The largest absolute Gasteiger partial charge is 0.503 e. The molecule has 1 aromatic heterocycles. The maximum Gasteiger partial charge on any atom is 0.290 e. The molecule has 1 unspecified atom stereocenters. The predicted molar refractivity (Wildman–Crippen MR) is 128 cm³/mol. The number of rotatable bonds is 7. The number of aromatic hydroxyl groups is 1. The molecule has 1 aliphatic heterocycles. The lowest BCUT2D eigenvalue weighted by Crippen LogP contribution is -2.31. The molecule has 0 saturated carbocycles. The van der Waals surface area contributed by atoms with Gasteiger partial charge in [-0.2, -0.15) is 0 Å². The summed E-state index contributed by atoms with van der Waals surface area (Å²) >= 11 is 3.35. The molecule has 0 aliphatic carbocycles. The lowest BCUT2D eigenvalue weighted by molar-refractivity contribution is 0.0593. The fraction of sp³-hybridized carbons (Fsp3) is 0.360. The highest BCUT2D eigenvalue weighted by molar-refractivity contribution is 9.10. The molecule has 4 rings (SSSR count). The Morgan fingerprint density at radius 3 is 2.67 bits per heavy atom. The first kappa shape index (κ1) is 23.3. The van der Waals surface area contributed by atoms with E-state index in [2.05, 4.69) is 15.9 Å². The van der Waals surface area contributed by atoms with Crippen molar-refractivity contribution in [3.63, 3.8) is 0 Å². The number of hydrogen-bond donors (Lipinski definition) is 1. The molecule has 2 heterocycles. The van der Waals surface area contributed by atoms with Crippen molar-refractivity contribution in [2.24, 2.45) is 0 Å². The number of carbonyl (C=O) groups excluding carboxylic acids is 1. The van der Waals surface area contributed by atoms with Crippen LogP contribution in [0.4, 0.5) is 0 Å². The Bertz CT molecular complexity index is 1280. The quantitative estimate of drug-likeness (QED) is 0.448. The molecule has 33 heavy (non-hydrogen) atoms. The van der Waals surface area contributed by atoms with Crippen LogP contribution in [-0.2, 0) is 4.74 Å². The Hall–Kier alpha value is -2.84. The standard InChI is InChI=1S/C25H26BrNO6/c1-13(2)32-9-5-8-27-21(15-11-17(26)23(29)19(12-15)31-4)20-22(28)16-10-14(3)6-7-18(16)33-24(20)25(27)30/h6-7,10-13,21,29H,5,8-9H2,1-4H3. The molecule has 3 aromatic rings. The van der Waals surface area contributed by atoms with Gasteiger partial charge in [-0.25, -0.2) is 0 Å². The highest BCUT2D eigenvalue weighted by atomic mass is 79.9. The highest BCUT2D eigenvalue weighted by Gasteiger charge is 2.43. The summed E-state index contributed by atoms with van der Waals surface area (Å²) in [5.74, 6) is -0.107. The van der Waals surface area contributed by atoms with Crippen molar-refractivity contribution in [1.82, 2.24) is 4.90 Å². The van der Waals surface area contributed by atoms with Crippen LogP contribution in [0.5, 0.6) is 11.5 Å². The van der Waals surface area contributed by atoms with Crippen LogP contribution < -0.4 is 10.2 Å². The molecule has 0 spiro atoms. The van der Waals surface area contributed by atoms with Gasteiger partial charge in [0.05, 0.1) is 34.7 Å². The summed E-state index contributed by atoms with van der Waals surface area (Å²) in [5, 5.41) is 10.7. The van der Waals surface area contributed by atoms with E-state index in [1.807, 2.05) is 26.8 Å². The zero-order valence-corrected chi connectivity index (χ0v) is 20.6. The Balaban J connectivity index is 1.88. The van der Waals surface area contributed by atoms with Gasteiger partial charge in [0.1, 0.15) is 5.58 Å². The Labute approximate surface area is 200 Å². The minimum atomic E-state index is -0.682. The lowest BCUT2D eigenvalue weighted by atomic mass is 9.97. The lowest BCUT2D eigenvalue weighted by Gasteiger charge is -2.26. The zero-order chi connectivity index (χ0) is 23.9. The average molecular weight is 516 g/mol. The second-order valence-corrected chi connectivity index (χ2v) is 9.26. The van der Waals surface area contributed by atoms with Crippen molar-refractivity contribution in [1.29, 1.82) is 0 Å². The van der Waals surface area contributed by atoms with Crippen molar-refractivity contribution >= 4 is 32.8 Å². The second-order valence-electron chi connectivity index (χ2n) is 8.40. The van der Waals surface area contributed by atoms with Gasteiger partial charge < -0.3 is 23.9 Å². The number of hydrogen-bond acceptors (Lipinski definition) is 6. The third-order valence-corrected chi connectivity index (χ3v) is 6.31. The van der Waals surface area contributed by atoms with E-state index in [0.717, 1.165) is 5.56 Å². The number of carbonyl (C=O) groups is 1. The van der Waals surface area contributed by atoms with E-state index in [1.54, 1.807) is 29.2 Å². The number of phenolic OH excluding ortho intramolecular Hbond substituents is 1. The van der Waals surface area contributed by atoms with Gasteiger partial charge in [-0.3, -0.25) is 9.59 Å². The molecule has 0 radical (unpaired) electrons. The van der Waals surface area contributed by atoms with Crippen LogP contribution in [0, 0.1) is 6.92 Å². The number of phenols is 1. The summed E-state index contributed by atoms with van der Waals surface area (Å²) in [6, 6.07) is 7.99. The second kappa shape index (κ2) is 9.19. The van der Waals surface area contributed by atoms with Crippen LogP contribution >= 0.6 is 15.9 Å². The van der Waals surface area contributed by atoms with Crippen molar-refractivity contribution in [2.75, 3.05) is 20.3 Å². The molecule has 8 heteroatoms. The molecule has 0 saturated heterocycles. The molecule has 1 aliphatic rings. The maximum atomic E-state index is 13.6. The van der Waals surface area contributed by atoms with E-state index >= 15 is 0 Å². The normalized spacial score (nSPS) is 15.5. The average Bonchev–Trinajstić information content (AvgIpc) is 3.05. The highest BCUT2D eigenvalue weighted by Crippen LogP contribution is 2.43. The number of nitrogens with zero attached hydrogens (tertiary/aromatic N) is 1. The number of methoxy groups -OCH3 is 1. The summed E-state index contributed by atoms with van der Waals surface area (Å²) in [7, 11) is 1.45. The van der Waals surface area contributed by atoms with Crippen LogP contribution in [0.25, 0.3) is 11.0 Å². The molecule has 1 atom stereocenters. The fourth-order valence-electron chi connectivity index (χ4n) is 4.17. The third-order valence-electron chi connectivity index (χ3n) is 5.70. The van der Waals surface area contributed by atoms with Gasteiger partial charge in [0, 0.05) is 13.2 Å². The summed E-state index contributed by atoms with van der Waals surface area (Å²) in [6.45, 7) is 6.66. The van der Waals surface area contributed by atoms with Crippen molar-refractivity contribution in [2.45, 2.75) is 39.3 Å². The number of benzene rings is 2. The first-order valence-corrected chi connectivity index (χ1v) is 11.6. The minimum Gasteiger partial charge on any atom is -0.503 e. The van der Waals surface area contributed by atoms with Gasteiger partial charge in [-0.1, -0.05) is 11.6 Å². The Morgan fingerprint density at radius 1 is 1.21 bits per heavy atom. The number of ether oxygens (including phenoxy) is 2. The van der Waals surface area contributed by atoms with Crippen LogP contribution in [-0.4, -0.2) is 42.3 Å². The summed E-state index contributed by atoms with van der Waals surface area (Å²) in [4.78, 5) is 28.7. The van der Waals surface area contributed by atoms with Crippen molar-refractivity contribution < 1.29 is 23.8 Å². The predicted octanol–water partition coefficient (Wildman–Crippen LogP) is 4.94. The Morgan fingerprint density at radius 2 is 1.97 bits per heavy atom. The van der Waals surface area contributed by atoms with Gasteiger partial charge >= 0.3 is 0 Å². The van der Waals surface area contributed by atoms with Gasteiger partial charge in [0.2, 0.25) is 5.76 Å². The number of fused-ring (bicyclic) bond motifs is 2. The molecule has 2 aromatic carbocycles. The molecule has 7 nitrogen and oxygen atoms in total. The van der Waals surface area contributed by atoms with Gasteiger partial charge in [-0.05, 0) is 73.0 Å². The van der Waals surface area contributed by atoms with Gasteiger partial charge in [0.25, 0.3) is 5.91 Å².